The van der Waals surface area contributed by atoms with Crippen LogP contribution in [0.3, 0.4) is 0 Å². The molecule has 2 N–H and O–H groups in total. The van der Waals surface area contributed by atoms with Gasteiger partial charge in [-0.3, -0.25) is 4.99 Å². The summed E-state index contributed by atoms with van der Waals surface area (Å²) in [7, 11) is 6.67. The van der Waals surface area contributed by atoms with Crippen LogP contribution in [0.2, 0.25) is 0 Å². The van der Waals surface area contributed by atoms with Gasteiger partial charge in [0.15, 0.2) is 17.5 Å². The van der Waals surface area contributed by atoms with Crippen molar-refractivity contribution >= 4 is 35.6 Å². The van der Waals surface area contributed by atoms with E-state index in [1.165, 1.54) is 0 Å². The first kappa shape index (κ1) is 24.7. The Balaban J connectivity index is 0.00000420. The fraction of sp³-hybridized carbons (Fsp3) is 0.381. The quantitative estimate of drug-likeness (QED) is 0.299. The Labute approximate surface area is 189 Å². The molecular formula is C21H30IN3O4. The van der Waals surface area contributed by atoms with Gasteiger partial charge in [-0.2, -0.15) is 0 Å². The summed E-state index contributed by atoms with van der Waals surface area (Å²) in [5, 5.41) is 6.57. The van der Waals surface area contributed by atoms with E-state index < -0.39 is 0 Å². The van der Waals surface area contributed by atoms with E-state index in [1.54, 1.807) is 28.4 Å². The molecule has 0 aromatic heterocycles. The zero-order chi connectivity index (χ0) is 20.4. The van der Waals surface area contributed by atoms with Gasteiger partial charge >= 0.3 is 0 Å². The summed E-state index contributed by atoms with van der Waals surface area (Å²) in [6.45, 7) is 3.18. The highest BCUT2D eigenvalue weighted by Crippen LogP contribution is 2.30. The number of nitrogens with zero attached hydrogens (tertiary/aromatic N) is 1. The molecule has 0 radical (unpaired) electrons. The van der Waals surface area contributed by atoms with Crippen LogP contribution in [0.25, 0.3) is 0 Å². The number of nitrogens with one attached hydrogen (secondary N) is 2. The topological polar surface area (TPSA) is 73.3 Å². The van der Waals surface area contributed by atoms with Crippen LogP contribution in [0.4, 0.5) is 5.69 Å². The SMILES string of the molecule is CCOc1cc(NC(=NC)NCCc2cc(OC)ccc2OC)ccc1OC.I. The van der Waals surface area contributed by atoms with Gasteiger partial charge in [0.05, 0.1) is 27.9 Å². The molecule has 0 unspecified atom stereocenters. The van der Waals surface area contributed by atoms with E-state index in [0.717, 1.165) is 29.2 Å². The first-order valence-corrected chi connectivity index (χ1v) is 9.14. The van der Waals surface area contributed by atoms with Crippen LogP contribution >= 0.6 is 24.0 Å². The van der Waals surface area contributed by atoms with Crippen LogP contribution in [0.15, 0.2) is 41.4 Å². The number of hydrogen-bond donors (Lipinski definition) is 2. The van der Waals surface area contributed by atoms with Crippen molar-refractivity contribution in [2.24, 2.45) is 4.99 Å². The Morgan fingerprint density at radius 3 is 2.28 bits per heavy atom. The second-order valence-corrected chi connectivity index (χ2v) is 5.85. The zero-order valence-electron chi connectivity index (χ0n) is 17.6. The number of ether oxygens (including phenoxy) is 4. The van der Waals surface area contributed by atoms with Crippen molar-refractivity contribution < 1.29 is 18.9 Å². The third-order valence-electron chi connectivity index (χ3n) is 4.12. The number of aliphatic imine (C=N–C) groups is 1. The molecule has 0 aliphatic carbocycles. The number of methoxy groups -OCH3 is 3. The van der Waals surface area contributed by atoms with E-state index in [2.05, 4.69) is 15.6 Å². The summed E-state index contributed by atoms with van der Waals surface area (Å²) in [4.78, 5) is 4.28. The molecule has 8 heteroatoms. The molecular weight excluding hydrogens is 485 g/mol. The number of hydrogen-bond acceptors (Lipinski definition) is 5. The van der Waals surface area contributed by atoms with E-state index in [9.17, 15) is 0 Å². The van der Waals surface area contributed by atoms with E-state index in [1.807, 2.05) is 43.3 Å². The van der Waals surface area contributed by atoms with Crippen LogP contribution in [0, 0.1) is 0 Å². The normalized spacial score (nSPS) is 10.6. The van der Waals surface area contributed by atoms with E-state index in [-0.39, 0.29) is 24.0 Å². The Morgan fingerprint density at radius 1 is 0.931 bits per heavy atom. The van der Waals surface area contributed by atoms with Crippen molar-refractivity contribution in [1.82, 2.24) is 5.32 Å². The smallest absolute Gasteiger partial charge is 0.195 e. The highest BCUT2D eigenvalue weighted by atomic mass is 127. The highest BCUT2D eigenvalue weighted by Gasteiger charge is 2.08. The Morgan fingerprint density at radius 2 is 1.66 bits per heavy atom. The van der Waals surface area contributed by atoms with Gasteiger partial charge in [-0.1, -0.05) is 0 Å². The second-order valence-electron chi connectivity index (χ2n) is 5.85. The lowest BCUT2D eigenvalue weighted by Gasteiger charge is -2.15. The van der Waals surface area contributed by atoms with Crippen LogP contribution < -0.4 is 29.6 Å². The van der Waals surface area contributed by atoms with E-state index in [4.69, 9.17) is 18.9 Å². The monoisotopic (exact) mass is 515 g/mol. The Kier molecular flexibility index (Phi) is 11.0. The molecule has 0 bridgehead atoms. The van der Waals surface area contributed by atoms with Gasteiger partial charge in [-0.05, 0) is 49.2 Å². The van der Waals surface area contributed by atoms with Crippen molar-refractivity contribution in [3.63, 3.8) is 0 Å². The molecule has 0 atom stereocenters. The summed E-state index contributed by atoms with van der Waals surface area (Å²) in [5.74, 6) is 3.68. The molecule has 29 heavy (non-hydrogen) atoms. The maximum Gasteiger partial charge on any atom is 0.195 e. The van der Waals surface area contributed by atoms with E-state index in [0.29, 0.717) is 30.6 Å². The Bertz CT molecular complexity index is 799. The van der Waals surface area contributed by atoms with E-state index >= 15 is 0 Å². The first-order valence-electron chi connectivity index (χ1n) is 9.14. The summed E-state index contributed by atoms with van der Waals surface area (Å²) in [6, 6.07) is 11.4. The number of anilines is 1. The summed E-state index contributed by atoms with van der Waals surface area (Å²) in [5.41, 5.74) is 1.92. The average molecular weight is 515 g/mol. The molecule has 0 aliphatic rings. The fourth-order valence-corrected chi connectivity index (χ4v) is 2.73. The summed E-state index contributed by atoms with van der Waals surface area (Å²) >= 11 is 0. The zero-order valence-corrected chi connectivity index (χ0v) is 19.9. The van der Waals surface area contributed by atoms with Crippen molar-refractivity contribution in [3.05, 3.63) is 42.0 Å². The lowest BCUT2D eigenvalue weighted by molar-refractivity contribution is 0.311. The van der Waals surface area contributed by atoms with Crippen molar-refractivity contribution in [2.45, 2.75) is 13.3 Å². The number of guanidine groups is 1. The number of rotatable bonds is 9. The number of benzene rings is 2. The predicted octanol–water partition coefficient (Wildman–Crippen LogP) is 3.96. The Hall–Kier alpha value is -2.36. The van der Waals surface area contributed by atoms with Crippen molar-refractivity contribution in [1.29, 1.82) is 0 Å². The van der Waals surface area contributed by atoms with Crippen LogP contribution in [0.1, 0.15) is 12.5 Å². The van der Waals surface area contributed by atoms with Gasteiger partial charge in [0.2, 0.25) is 0 Å². The van der Waals surface area contributed by atoms with Gasteiger partial charge in [-0.25, -0.2) is 0 Å². The molecule has 7 nitrogen and oxygen atoms in total. The third kappa shape index (κ3) is 7.19. The largest absolute Gasteiger partial charge is 0.497 e. The lowest BCUT2D eigenvalue weighted by atomic mass is 10.1. The van der Waals surface area contributed by atoms with Crippen LogP contribution in [-0.4, -0.2) is 47.5 Å². The molecule has 0 fully saturated rings. The minimum Gasteiger partial charge on any atom is -0.497 e. The predicted molar refractivity (Wildman–Crippen MR) is 128 cm³/mol. The molecule has 2 aromatic carbocycles. The molecule has 0 aliphatic heterocycles. The molecule has 0 amide bonds. The molecule has 2 rings (SSSR count). The fourth-order valence-electron chi connectivity index (χ4n) is 2.73. The molecule has 0 saturated carbocycles. The minimum absolute atomic E-state index is 0. The molecule has 0 heterocycles. The third-order valence-corrected chi connectivity index (χ3v) is 4.12. The van der Waals surface area contributed by atoms with Gasteiger partial charge in [0.25, 0.3) is 0 Å². The van der Waals surface area contributed by atoms with Gasteiger partial charge in [-0.15, -0.1) is 24.0 Å². The van der Waals surface area contributed by atoms with Crippen LogP contribution in [0.5, 0.6) is 23.0 Å². The highest BCUT2D eigenvalue weighted by molar-refractivity contribution is 14.0. The maximum atomic E-state index is 5.62. The molecule has 0 saturated heterocycles. The average Bonchev–Trinajstić information content (AvgIpc) is 2.73. The molecule has 160 valence electrons. The standard InChI is InChI=1S/C21H29N3O4.HI/c1-6-28-20-14-16(7-9-19(20)27-5)24-21(22-2)23-12-11-15-13-17(25-3)8-10-18(15)26-4;/h7-10,13-14H,6,11-12H2,1-5H3,(H2,22,23,24);1H. The minimum atomic E-state index is 0. The lowest BCUT2D eigenvalue weighted by Crippen LogP contribution is -2.32. The molecule has 2 aromatic rings. The van der Waals surface area contributed by atoms with Gasteiger partial charge in [0.1, 0.15) is 11.5 Å². The summed E-state index contributed by atoms with van der Waals surface area (Å²) < 4.78 is 21.7. The molecule has 0 spiro atoms. The summed E-state index contributed by atoms with van der Waals surface area (Å²) in [6.07, 6.45) is 0.758. The van der Waals surface area contributed by atoms with Crippen LogP contribution in [-0.2, 0) is 6.42 Å². The maximum absolute atomic E-state index is 5.62. The second kappa shape index (κ2) is 13.0. The van der Waals surface area contributed by atoms with Gasteiger partial charge in [0, 0.05) is 25.3 Å². The number of halogens is 1. The van der Waals surface area contributed by atoms with Crippen molar-refractivity contribution in [2.75, 3.05) is 46.8 Å². The first-order chi connectivity index (χ1) is 13.6. The van der Waals surface area contributed by atoms with Crippen molar-refractivity contribution in [3.8, 4) is 23.0 Å². The van der Waals surface area contributed by atoms with Gasteiger partial charge < -0.3 is 29.6 Å².